The Morgan fingerprint density at radius 3 is 2.47 bits per heavy atom. The standard InChI is InChI=1S/C13H25N3O/c1-13(2,16-8-6-14-7-9-16)12(17)15(3)10-11-4-5-11/h11,14H,4-10H2,1-3H3. The zero-order valence-corrected chi connectivity index (χ0v) is 11.3. The van der Waals surface area contributed by atoms with Crippen LogP contribution in [0.1, 0.15) is 26.7 Å². The van der Waals surface area contributed by atoms with E-state index in [1.807, 2.05) is 11.9 Å². The Morgan fingerprint density at radius 1 is 1.35 bits per heavy atom. The van der Waals surface area contributed by atoms with Crippen molar-refractivity contribution in [1.82, 2.24) is 15.1 Å². The van der Waals surface area contributed by atoms with Crippen LogP contribution in [0.3, 0.4) is 0 Å². The Labute approximate surface area is 104 Å². The van der Waals surface area contributed by atoms with Gasteiger partial charge in [0, 0.05) is 39.8 Å². The van der Waals surface area contributed by atoms with Crippen LogP contribution in [0.5, 0.6) is 0 Å². The van der Waals surface area contributed by atoms with Crippen molar-refractivity contribution in [3.8, 4) is 0 Å². The number of nitrogens with zero attached hydrogens (tertiary/aromatic N) is 2. The van der Waals surface area contributed by atoms with E-state index in [9.17, 15) is 4.79 Å². The van der Waals surface area contributed by atoms with Gasteiger partial charge in [-0.2, -0.15) is 0 Å². The number of likely N-dealkylation sites (N-methyl/N-ethyl adjacent to an activating group) is 1. The Hall–Kier alpha value is -0.610. The van der Waals surface area contributed by atoms with E-state index in [1.165, 1.54) is 12.8 Å². The predicted octanol–water partition coefficient (Wildman–Crippen LogP) is 0.539. The van der Waals surface area contributed by atoms with Crippen molar-refractivity contribution in [2.75, 3.05) is 39.8 Å². The second-order valence-corrected chi connectivity index (χ2v) is 5.93. The maximum atomic E-state index is 12.5. The van der Waals surface area contributed by atoms with E-state index in [0.29, 0.717) is 0 Å². The molecule has 0 spiro atoms. The molecule has 17 heavy (non-hydrogen) atoms. The Kier molecular flexibility index (Phi) is 3.73. The van der Waals surface area contributed by atoms with Gasteiger partial charge in [-0.3, -0.25) is 9.69 Å². The zero-order valence-electron chi connectivity index (χ0n) is 11.3. The molecule has 0 radical (unpaired) electrons. The molecule has 1 saturated heterocycles. The molecule has 4 nitrogen and oxygen atoms in total. The molecule has 1 aliphatic carbocycles. The third-order valence-corrected chi connectivity index (χ3v) is 4.01. The summed E-state index contributed by atoms with van der Waals surface area (Å²) in [4.78, 5) is 16.7. The van der Waals surface area contributed by atoms with Crippen LogP contribution in [0.2, 0.25) is 0 Å². The van der Waals surface area contributed by atoms with Crippen LogP contribution < -0.4 is 5.32 Å². The second kappa shape index (κ2) is 4.94. The van der Waals surface area contributed by atoms with E-state index in [1.54, 1.807) is 0 Å². The van der Waals surface area contributed by atoms with Crippen LogP contribution >= 0.6 is 0 Å². The van der Waals surface area contributed by atoms with Crippen LogP contribution in [0.15, 0.2) is 0 Å². The summed E-state index contributed by atoms with van der Waals surface area (Å²) in [7, 11) is 1.95. The molecule has 2 rings (SSSR count). The second-order valence-electron chi connectivity index (χ2n) is 5.93. The summed E-state index contributed by atoms with van der Waals surface area (Å²) < 4.78 is 0. The molecule has 0 aromatic heterocycles. The lowest BCUT2D eigenvalue weighted by molar-refractivity contribution is -0.142. The largest absolute Gasteiger partial charge is 0.344 e. The first-order valence-corrected chi connectivity index (χ1v) is 6.73. The molecular formula is C13H25N3O. The first kappa shape index (κ1) is 12.8. The third kappa shape index (κ3) is 2.99. The quantitative estimate of drug-likeness (QED) is 0.778. The molecule has 0 bridgehead atoms. The van der Waals surface area contributed by atoms with Crippen molar-refractivity contribution in [1.29, 1.82) is 0 Å². The number of amides is 1. The minimum absolute atomic E-state index is 0.270. The Balaban J connectivity index is 1.94. The van der Waals surface area contributed by atoms with E-state index in [0.717, 1.165) is 38.6 Å². The highest BCUT2D eigenvalue weighted by Crippen LogP contribution is 2.30. The van der Waals surface area contributed by atoms with Gasteiger partial charge in [-0.15, -0.1) is 0 Å². The minimum Gasteiger partial charge on any atom is -0.344 e. The molecule has 2 aliphatic rings. The maximum absolute atomic E-state index is 12.5. The SMILES string of the molecule is CN(CC1CC1)C(=O)C(C)(C)N1CCNCC1. The summed E-state index contributed by atoms with van der Waals surface area (Å²) in [5.41, 5.74) is -0.355. The molecular weight excluding hydrogens is 214 g/mol. The van der Waals surface area contributed by atoms with E-state index >= 15 is 0 Å². The predicted molar refractivity (Wildman–Crippen MR) is 68.9 cm³/mol. The third-order valence-electron chi connectivity index (χ3n) is 4.01. The zero-order chi connectivity index (χ0) is 12.5. The summed E-state index contributed by atoms with van der Waals surface area (Å²) in [6.45, 7) is 8.97. The van der Waals surface area contributed by atoms with Crippen LogP contribution in [0, 0.1) is 5.92 Å². The van der Waals surface area contributed by atoms with Crippen LogP contribution in [0.4, 0.5) is 0 Å². The summed E-state index contributed by atoms with van der Waals surface area (Å²) in [6, 6.07) is 0. The van der Waals surface area contributed by atoms with E-state index in [-0.39, 0.29) is 11.4 Å². The molecule has 98 valence electrons. The van der Waals surface area contributed by atoms with Gasteiger partial charge in [0.2, 0.25) is 5.91 Å². The maximum Gasteiger partial charge on any atom is 0.242 e. The first-order chi connectivity index (χ1) is 8.01. The van der Waals surface area contributed by atoms with Gasteiger partial charge >= 0.3 is 0 Å². The fraction of sp³-hybridized carbons (Fsp3) is 0.923. The van der Waals surface area contributed by atoms with Gasteiger partial charge in [-0.1, -0.05) is 0 Å². The van der Waals surface area contributed by atoms with E-state index in [2.05, 4.69) is 24.1 Å². The lowest BCUT2D eigenvalue weighted by Gasteiger charge is -2.41. The molecule has 4 heteroatoms. The molecule has 1 saturated carbocycles. The molecule has 0 aromatic carbocycles. The van der Waals surface area contributed by atoms with Crippen LogP contribution in [0.25, 0.3) is 0 Å². The van der Waals surface area contributed by atoms with Gasteiger partial charge < -0.3 is 10.2 Å². The molecule has 2 fully saturated rings. The highest BCUT2D eigenvalue weighted by Gasteiger charge is 2.38. The van der Waals surface area contributed by atoms with E-state index in [4.69, 9.17) is 0 Å². The van der Waals surface area contributed by atoms with Gasteiger partial charge in [0.05, 0.1) is 5.54 Å². The molecule has 0 atom stereocenters. The average Bonchev–Trinajstić information content (AvgIpc) is 3.13. The number of carbonyl (C=O) groups is 1. The highest BCUT2D eigenvalue weighted by molar-refractivity contribution is 5.85. The van der Waals surface area contributed by atoms with Gasteiger partial charge in [0.25, 0.3) is 0 Å². The number of piperazine rings is 1. The lowest BCUT2D eigenvalue weighted by atomic mass is 9.99. The van der Waals surface area contributed by atoms with Crippen molar-refractivity contribution in [2.24, 2.45) is 5.92 Å². The topological polar surface area (TPSA) is 35.6 Å². The van der Waals surface area contributed by atoms with E-state index < -0.39 is 0 Å². The first-order valence-electron chi connectivity index (χ1n) is 6.73. The number of nitrogens with one attached hydrogen (secondary N) is 1. The molecule has 1 amide bonds. The molecule has 1 aliphatic heterocycles. The van der Waals surface area contributed by atoms with Gasteiger partial charge in [-0.05, 0) is 32.6 Å². The van der Waals surface area contributed by atoms with Crippen molar-refractivity contribution in [2.45, 2.75) is 32.2 Å². The van der Waals surface area contributed by atoms with Crippen molar-refractivity contribution < 1.29 is 4.79 Å². The van der Waals surface area contributed by atoms with Crippen LogP contribution in [-0.2, 0) is 4.79 Å². The fourth-order valence-electron chi connectivity index (χ4n) is 2.60. The fourth-order valence-corrected chi connectivity index (χ4v) is 2.60. The highest BCUT2D eigenvalue weighted by atomic mass is 16.2. The molecule has 1 heterocycles. The summed E-state index contributed by atoms with van der Waals surface area (Å²) in [5.74, 6) is 1.04. The van der Waals surface area contributed by atoms with Crippen LogP contribution in [-0.4, -0.2) is 61.0 Å². The van der Waals surface area contributed by atoms with Crippen molar-refractivity contribution in [3.05, 3.63) is 0 Å². The number of rotatable bonds is 4. The molecule has 0 aromatic rings. The number of hydrogen-bond donors (Lipinski definition) is 1. The smallest absolute Gasteiger partial charge is 0.242 e. The Bertz CT molecular complexity index is 280. The van der Waals surface area contributed by atoms with Crippen molar-refractivity contribution in [3.63, 3.8) is 0 Å². The number of hydrogen-bond acceptors (Lipinski definition) is 3. The molecule has 1 N–H and O–H groups in total. The minimum atomic E-state index is -0.355. The number of carbonyl (C=O) groups excluding carboxylic acids is 1. The van der Waals surface area contributed by atoms with Crippen molar-refractivity contribution >= 4 is 5.91 Å². The van der Waals surface area contributed by atoms with Gasteiger partial charge in [0.15, 0.2) is 0 Å². The normalized spacial score (nSPS) is 22.5. The summed E-state index contributed by atoms with van der Waals surface area (Å²) in [5, 5.41) is 3.33. The van der Waals surface area contributed by atoms with Gasteiger partial charge in [0.1, 0.15) is 0 Å². The lowest BCUT2D eigenvalue weighted by Crippen LogP contribution is -2.60. The monoisotopic (exact) mass is 239 g/mol. The van der Waals surface area contributed by atoms with Gasteiger partial charge in [-0.25, -0.2) is 0 Å². The Morgan fingerprint density at radius 2 is 1.94 bits per heavy atom. The summed E-state index contributed by atoms with van der Waals surface area (Å²) in [6.07, 6.45) is 2.59. The molecule has 0 unspecified atom stereocenters. The average molecular weight is 239 g/mol. The summed E-state index contributed by atoms with van der Waals surface area (Å²) >= 11 is 0.